The molecule has 152 valence electrons. The molecule has 1 unspecified atom stereocenters. The summed E-state index contributed by atoms with van der Waals surface area (Å²) < 4.78 is 1.97. The first-order valence-corrected chi connectivity index (χ1v) is 10.9. The van der Waals surface area contributed by atoms with Crippen LogP contribution in [0.25, 0.3) is 5.13 Å². The molecule has 2 saturated heterocycles. The Morgan fingerprint density at radius 2 is 1.89 bits per heavy atom. The molecule has 0 bridgehead atoms. The number of piperidine rings is 1. The number of aromatic nitrogens is 3. The van der Waals surface area contributed by atoms with E-state index in [9.17, 15) is 4.79 Å². The number of rotatable bonds is 6. The molecule has 0 spiro atoms. The molecule has 0 radical (unpaired) electrons. The number of likely N-dealkylation sites (N-methyl/N-ethyl adjacent to an activating group) is 1. The van der Waals surface area contributed by atoms with Crippen LogP contribution in [0.3, 0.4) is 0 Å². The quantitative estimate of drug-likeness (QED) is 0.773. The topological polar surface area (TPSA) is 69.5 Å². The fourth-order valence-electron chi connectivity index (χ4n) is 3.82. The zero-order valence-electron chi connectivity index (χ0n) is 16.5. The third-order valence-electron chi connectivity index (χ3n) is 5.61. The summed E-state index contributed by atoms with van der Waals surface area (Å²) in [6.45, 7) is 7.72. The first kappa shape index (κ1) is 19.4. The van der Waals surface area contributed by atoms with Gasteiger partial charge >= 0.3 is 0 Å². The highest BCUT2D eigenvalue weighted by Gasteiger charge is 2.27. The molecule has 2 aromatic rings. The lowest BCUT2D eigenvalue weighted by atomic mass is 9.97. The van der Waals surface area contributed by atoms with Gasteiger partial charge in [0.2, 0.25) is 16.2 Å². The molecule has 2 aliphatic rings. The second kappa shape index (κ2) is 9.02. The Balaban J connectivity index is 1.26. The van der Waals surface area contributed by atoms with Crippen molar-refractivity contribution < 1.29 is 4.79 Å². The summed E-state index contributed by atoms with van der Waals surface area (Å²) in [6.07, 6.45) is 5.89. The van der Waals surface area contributed by atoms with Crippen LogP contribution in [0.4, 0.5) is 5.13 Å². The second-order valence-corrected chi connectivity index (χ2v) is 8.61. The van der Waals surface area contributed by atoms with Crippen LogP contribution in [0.2, 0.25) is 0 Å². The zero-order chi connectivity index (χ0) is 19.3. The lowest BCUT2D eigenvalue weighted by molar-refractivity contribution is -0.125. The van der Waals surface area contributed by atoms with Crippen LogP contribution in [-0.4, -0.2) is 89.9 Å². The largest absolute Gasteiger partial charge is 0.355 e. The molecule has 4 heterocycles. The Morgan fingerprint density at radius 1 is 1.14 bits per heavy atom. The maximum absolute atomic E-state index is 12.7. The lowest BCUT2D eigenvalue weighted by Gasteiger charge is -2.33. The minimum Gasteiger partial charge on any atom is -0.355 e. The van der Waals surface area contributed by atoms with Crippen LogP contribution in [0.15, 0.2) is 24.5 Å². The van der Waals surface area contributed by atoms with Crippen molar-refractivity contribution in [3.05, 3.63) is 24.5 Å². The number of nitrogens with zero attached hydrogens (tertiary/aromatic N) is 6. The average Bonchev–Trinajstić information content (AvgIpc) is 3.41. The Hall–Kier alpha value is -1.97. The summed E-state index contributed by atoms with van der Waals surface area (Å²) in [5.41, 5.74) is 0. The fraction of sp³-hybridized carbons (Fsp3) is 0.632. The molecule has 4 rings (SSSR count). The highest BCUT2D eigenvalue weighted by Crippen LogP contribution is 2.27. The Kier molecular flexibility index (Phi) is 6.23. The van der Waals surface area contributed by atoms with Gasteiger partial charge in [0.05, 0.1) is 5.92 Å². The van der Waals surface area contributed by atoms with Crippen molar-refractivity contribution in [1.82, 2.24) is 29.9 Å². The van der Waals surface area contributed by atoms with E-state index in [1.807, 2.05) is 29.1 Å². The number of carbonyl (C=O) groups is 1. The van der Waals surface area contributed by atoms with Crippen molar-refractivity contribution in [3.8, 4) is 5.13 Å². The summed E-state index contributed by atoms with van der Waals surface area (Å²) in [7, 11) is 2.16. The Labute approximate surface area is 170 Å². The molecular formula is C19H29N7OS. The number of carbonyl (C=O) groups excluding carboxylic acids is 1. The maximum Gasteiger partial charge on any atom is 0.224 e. The molecule has 2 aromatic heterocycles. The van der Waals surface area contributed by atoms with Crippen LogP contribution in [0.1, 0.15) is 12.8 Å². The van der Waals surface area contributed by atoms with Gasteiger partial charge in [-0.3, -0.25) is 14.3 Å². The van der Waals surface area contributed by atoms with Gasteiger partial charge in [0, 0.05) is 64.8 Å². The van der Waals surface area contributed by atoms with Gasteiger partial charge in [-0.15, -0.1) is 10.2 Å². The molecule has 0 aliphatic carbocycles. The molecule has 1 atom stereocenters. The SMILES string of the molecule is CN1CCN(CCNC(=O)C2CCCN(c3nnc(-n4cccc4)s3)C2)CC1. The molecule has 8 nitrogen and oxygen atoms in total. The molecular weight excluding hydrogens is 374 g/mol. The van der Waals surface area contributed by atoms with Crippen LogP contribution in [0.5, 0.6) is 0 Å². The molecule has 1 amide bonds. The van der Waals surface area contributed by atoms with Crippen LogP contribution in [-0.2, 0) is 4.79 Å². The Morgan fingerprint density at radius 3 is 2.68 bits per heavy atom. The predicted octanol–water partition coefficient (Wildman–Crippen LogP) is 0.909. The van der Waals surface area contributed by atoms with Gasteiger partial charge in [-0.1, -0.05) is 11.3 Å². The summed E-state index contributed by atoms with van der Waals surface area (Å²) in [5, 5.41) is 13.6. The van der Waals surface area contributed by atoms with Crippen LogP contribution < -0.4 is 10.2 Å². The minimum absolute atomic E-state index is 0.0279. The third kappa shape index (κ3) is 4.71. The standard InChI is InChI=1S/C19H29N7OS/c1-23-11-13-24(14-12-23)10-6-20-17(27)16-5-4-9-26(15-16)19-22-21-18(28-19)25-7-2-3-8-25/h2-3,7-8,16H,4-6,9-15H2,1H3,(H,20,27). The number of hydrogen-bond acceptors (Lipinski definition) is 7. The summed E-state index contributed by atoms with van der Waals surface area (Å²) in [6, 6.07) is 3.95. The maximum atomic E-state index is 12.7. The first-order valence-electron chi connectivity index (χ1n) is 10.1. The summed E-state index contributed by atoms with van der Waals surface area (Å²) >= 11 is 1.57. The van der Waals surface area contributed by atoms with E-state index in [4.69, 9.17) is 0 Å². The van der Waals surface area contributed by atoms with Gasteiger partial charge in [-0.2, -0.15) is 0 Å². The molecule has 28 heavy (non-hydrogen) atoms. The van der Waals surface area contributed by atoms with Gasteiger partial charge in [0.25, 0.3) is 0 Å². The van der Waals surface area contributed by atoms with E-state index in [-0.39, 0.29) is 11.8 Å². The van der Waals surface area contributed by atoms with E-state index in [0.29, 0.717) is 0 Å². The fourth-order valence-corrected chi connectivity index (χ4v) is 4.67. The second-order valence-electron chi connectivity index (χ2n) is 7.68. The van der Waals surface area contributed by atoms with Gasteiger partial charge < -0.3 is 15.1 Å². The van der Waals surface area contributed by atoms with E-state index >= 15 is 0 Å². The molecule has 0 saturated carbocycles. The van der Waals surface area contributed by atoms with Crippen molar-refractivity contribution in [2.24, 2.45) is 5.92 Å². The molecule has 2 aliphatic heterocycles. The smallest absolute Gasteiger partial charge is 0.224 e. The zero-order valence-corrected chi connectivity index (χ0v) is 17.3. The average molecular weight is 404 g/mol. The number of nitrogens with one attached hydrogen (secondary N) is 1. The monoisotopic (exact) mass is 403 g/mol. The van der Waals surface area contributed by atoms with Crippen LogP contribution >= 0.6 is 11.3 Å². The molecule has 2 fully saturated rings. The highest BCUT2D eigenvalue weighted by molar-refractivity contribution is 7.17. The molecule has 1 N–H and O–H groups in total. The van der Waals surface area contributed by atoms with Crippen molar-refractivity contribution in [3.63, 3.8) is 0 Å². The number of anilines is 1. The van der Waals surface area contributed by atoms with E-state index in [1.54, 1.807) is 11.3 Å². The van der Waals surface area contributed by atoms with Crippen molar-refractivity contribution >= 4 is 22.4 Å². The van der Waals surface area contributed by atoms with Crippen molar-refractivity contribution in [1.29, 1.82) is 0 Å². The highest BCUT2D eigenvalue weighted by atomic mass is 32.1. The number of amides is 1. The minimum atomic E-state index is 0.0279. The predicted molar refractivity (Wildman–Crippen MR) is 111 cm³/mol. The van der Waals surface area contributed by atoms with Crippen molar-refractivity contribution in [2.75, 3.05) is 64.3 Å². The van der Waals surface area contributed by atoms with E-state index in [2.05, 4.69) is 37.3 Å². The number of hydrogen-bond donors (Lipinski definition) is 1. The van der Waals surface area contributed by atoms with Gasteiger partial charge in [0.1, 0.15) is 0 Å². The Bertz CT molecular complexity index is 754. The van der Waals surface area contributed by atoms with Crippen LogP contribution in [0, 0.1) is 5.92 Å². The van der Waals surface area contributed by atoms with E-state index in [0.717, 1.165) is 75.5 Å². The summed E-state index contributed by atoms with van der Waals surface area (Å²) in [4.78, 5) is 19.6. The van der Waals surface area contributed by atoms with Gasteiger partial charge in [-0.25, -0.2) is 0 Å². The number of piperazine rings is 1. The van der Waals surface area contributed by atoms with Gasteiger partial charge in [0.15, 0.2) is 0 Å². The van der Waals surface area contributed by atoms with Crippen molar-refractivity contribution in [2.45, 2.75) is 12.8 Å². The molecule has 9 heteroatoms. The van der Waals surface area contributed by atoms with E-state index in [1.165, 1.54) is 0 Å². The molecule has 0 aromatic carbocycles. The lowest BCUT2D eigenvalue weighted by Crippen LogP contribution is -2.48. The third-order valence-corrected chi connectivity index (χ3v) is 6.61. The summed E-state index contributed by atoms with van der Waals surface area (Å²) in [5.74, 6) is 0.203. The first-order chi connectivity index (χ1) is 13.7. The van der Waals surface area contributed by atoms with E-state index < -0.39 is 0 Å². The normalized spacial score (nSPS) is 21.8. The van der Waals surface area contributed by atoms with Gasteiger partial charge in [-0.05, 0) is 32.0 Å².